The molecule has 1 amide bonds. The number of anilines is 4. The Morgan fingerprint density at radius 3 is 2.41 bits per heavy atom. The molecule has 1 spiro atoms. The van der Waals surface area contributed by atoms with E-state index in [2.05, 4.69) is 15.3 Å². The van der Waals surface area contributed by atoms with Crippen LogP contribution >= 0.6 is 0 Å². The smallest absolute Gasteiger partial charge is 0.421 e. The van der Waals surface area contributed by atoms with E-state index in [9.17, 15) is 18.0 Å². The van der Waals surface area contributed by atoms with Gasteiger partial charge < -0.3 is 24.6 Å². The van der Waals surface area contributed by atoms with Crippen LogP contribution in [0.5, 0.6) is 5.75 Å². The van der Waals surface area contributed by atoms with Crippen LogP contribution in [0.3, 0.4) is 0 Å². The monoisotopic (exact) mass is 637 g/mol. The number of benzene rings is 2. The van der Waals surface area contributed by atoms with Crippen LogP contribution in [0.1, 0.15) is 88.5 Å². The minimum absolute atomic E-state index is 0.0589. The molecule has 1 aromatic heterocycles. The van der Waals surface area contributed by atoms with Crippen molar-refractivity contribution in [2.24, 2.45) is 0 Å². The van der Waals surface area contributed by atoms with Crippen molar-refractivity contribution in [2.75, 3.05) is 29.9 Å². The summed E-state index contributed by atoms with van der Waals surface area (Å²) in [6.07, 6.45) is -0.758. The molecular formula is C35H42F3N5O3. The van der Waals surface area contributed by atoms with E-state index >= 15 is 0 Å². The summed E-state index contributed by atoms with van der Waals surface area (Å²) in [6, 6.07) is 11.6. The van der Waals surface area contributed by atoms with Gasteiger partial charge in [0.1, 0.15) is 16.9 Å². The lowest BCUT2D eigenvalue weighted by molar-refractivity contribution is -0.137. The number of hydrogen-bond donors (Lipinski definition) is 1. The fourth-order valence-corrected chi connectivity index (χ4v) is 6.65. The number of nitrogens with one attached hydrogen (secondary N) is 1. The molecule has 2 aromatic carbocycles. The Morgan fingerprint density at radius 1 is 1.09 bits per heavy atom. The maximum atomic E-state index is 14.3. The second kappa shape index (κ2) is 11.7. The van der Waals surface area contributed by atoms with E-state index in [0.29, 0.717) is 31.1 Å². The van der Waals surface area contributed by atoms with Crippen molar-refractivity contribution >= 4 is 29.2 Å². The quantitative estimate of drug-likeness (QED) is 0.290. The van der Waals surface area contributed by atoms with Gasteiger partial charge in [-0.25, -0.2) is 9.78 Å². The van der Waals surface area contributed by atoms with E-state index in [4.69, 9.17) is 9.47 Å². The first-order chi connectivity index (χ1) is 21.6. The molecule has 2 fully saturated rings. The molecular weight excluding hydrogens is 595 g/mol. The van der Waals surface area contributed by atoms with Crippen LogP contribution in [0.4, 0.5) is 41.1 Å². The Hall–Kier alpha value is -4.02. The highest BCUT2D eigenvalue weighted by Crippen LogP contribution is 2.58. The first-order valence-electron chi connectivity index (χ1n) is 16.0. The number of carbonyl (C=O) groups is 1. The molecule has 1 aliphatic carbocycles. The van der Waals surface area contributed by atoms with Gasteiger partial charge in [0.05, 0.1) is 11.8 Å². The maximum absolute atomic E-state index is 14.3. The number of fused-ring (bicyclic) bond motifs is 2. The summed E-state index contributed by atoms with van der Waals surface area (Å²) in [5.41, 5.74) is 3.00. The Balaban J connectivity index is 1.28. The predicted octanol–water partition coefficient (Wildman–Crippen LogP) is 8.63. The molecule has 2 aliphatic heterocycles. The standard InChI is InChI=1S/C35H42F3N5O3/c1-21(2)45-29-18-24(23-11-15-42(16-12-23)32(44)46-33(4,5)6)22(3)17-27(29)40-31-39-19-26(35(36,37)38)30(41-31)43-20-34(13-14-34)25-9-7-8-10-28(25)43/h7-10,17-19,21,23H,11-16,20H2,1-6H3,(H,39,40,41). The molecule has 0 atom stereocenters. The van der Waals surface area contributed by atoms with Crippen LogP contribution in [0.2, 0.25) is 0 Å². The number of rotatable bonds is 6. The summed E-state index contributed by atoms with van der Waals surface area (Å²) >= 11 is 0. The number of ether oxygens (including phenoxy) is 2. The summed E-state index contributed by atoms with van der Waals surface area (Å²) in [5, 5.41) is 3.18. The number of aromatic nitrogens is 2. The van der Waals surface area contributed by atoms with Crippen molar-refractivity contribution in [1.29, 1.82) is 0 Å². The number of likely N-dealkylation sites (tertiary alicyclic amines) is 1. The van der Waals surface area contributed by atoms with Crippen molar-refractivity contribution in [3.05, 3.63) is 64.8 Å². The van der Waals surface area contributed by atoms with Gasteiger partial charge in [-0.2, -0.15) is 18.2 Å². The first-order valence-corrected chi connectivity index (χ1v) is 16.0. The Labute approximate surface area is 268 Å². The molecule has 6 rings (SSSR count). The van der Waals surface area contributed by atoms with Crippen molar-refractivity contribution in [3.8, 4) is 5.75 Å². The summed E-state index contributed by atoms with van der Waals surface area (Å²) in [5.74, 6) is 0.682. The lowest BCUT2D eigenvalue weighted by Crippen LogP contribution is -2.41. The molecule has 1 N–H and O–H groups in total. The number of amides is 1. The zero-order chi connectivity index (χ0) is 33.0. The summed E-state index contributed by atoms with van der Waals surface area (Å²) in [4.78, 5) is 24.7. The largest absolute Gasteiger partial charge is 0.489 e. The minimum Gasteiger partial charge on any atom is -0.489 e. The lowest BCUT2D eigenvalue weighted by atomic mass is 9.86. The average molecular weight is 638 g/mol. The van der Waals surface area contributed by atoms with Gasteiger partial charge in [0, 0.05) is 36.9 Å². The third kappa shape index (κ3) is 6.46. The molecule has 3 heterocycles. The number of piperidine rings is 1. The SMILES string of the molecule is Cc1cc(Nc2ncc(C(F)(F)F)c(N3CC4(CC4)c4ccccc43)n2)c(OC(C)C)cc1C1CCN(C(=O)OC(C)(C)C)CC1. The molecule has 11 heteroatoms. The van der Waals surface area contributed by atoms with E-state index in [1.54, 1.807) is 9.80 Å². The number of halogens is 3. The van der Waals surface area contributed by atoms with Gasteiger partial charge in [-0.1, -0.05) is 18.2 Å². The van der Waals surface area contributed by atoms with E-state index in [1.165, 1.54) is 0 Å². The fourth-order valence-electron chi connectivity index (χ4n) is 6.65. The van der Waals surface area contributed by atoms with Gasteiger partial charge in [0.2, 0.25) is 5.95 Å². The van der Waals surface area contributed by atoms with Crippen molar-refractivity contribution in [3.63, 3.8) is 0 Å². The molecule has 0 unspecified atom stereocenters. The number of alkyl halides is 3. The third-order valence-corrected chi connectivity index (χ3v) is 8.97. The van der Waals surface area contributed by atoms with E-state index in [-0.39, 0.29) is 35.3 Å². The molecule has 8 nitrogen and oxygen atoms in total. The molecule has 3 aliphatic rings. The number of aryl methyl sites for hydroxylation is 1. The van der Waals surface area contributed by atoms with Gasteiger partial charge in [-0.3, -0.25) is 0 Å². The van der Waals surface area contributed by atoms with E-state index in [0.717, 1.165) is 54.3 Å². The zero-order valence-electron chi connectivity index (χ0n) is 27.3. The molecule has 1 saturated heterocycles. The molecule has 0 radical (unpaired) electrons. The predicted molar refractivity (Wildman–Crippen MR) is 171 cm³/mol. The van der Waals surface area contributed by atoms with E-state index in [1.807, 2.05) is 77.9 Å². The molecule has 3 aromatic rings. The van der Waals surface area contributed by atoms with Crippen LogP contribution in [-0.4, -0.2) is 52.3 Å². The normalized spacial score (nSPS) is 17.8. The van der Waals surface area contributed by atoms with Crippen LogP contribution < -0.4 is 15.0 Å². The van der Waals surface area contributed by atoms with Gasteiger partial charge >= 0.3 is 12.3 Å². The van der Waals surface area contributed by atoms with Gasteiger partial charge in [0.15, 0.2) is 5.82 Å². The van der Waals surface area contributed by atoms with E-state index < -0.39 is 17.3 Å². The van der Waals surface area contributed by atoms with Crippen molar-refractivity contribution < 1.29 is 27.4 Å². The zero-order valence-corrected chi connectivity index (χ0v) is 27.3. The van der Waals surface area contributed by atoms with Crippen LogP contribution in [0.25, 0.3) is 0 Å². The van der Waals surface area contributed by atoms with Crippen molar-refractivity contribution in [2.45, 2.75) is 96.4 Å². The van der Waals surface area contributed by atoms with Gasteiger partial charge in [-0.15, -0.1) is 0 Å². The number of carbonyl (C=O) groups excluding carboxylic acids is 1. The molecule has 46 heavy (non-hydrogen) atoms. The lowest BCUT2D eigenvalue weighted by Gasteiger charge is -2.34. The second-order valence-corrected chi connectivity index (χ2v) is 14.1. The maximum Gasteiger partial charge on any atom is 0.421 e. The third-order valence-electron chi connectivity index (χ3n) is 8.97. The molecule has 246 valence electrons. The molecule has 0 bridgehead atoms. The van der Waals surface area contributed by atoms with Crippen LogP contribution in [0, 0.1) is 6.92 Å². The van der Waals surface area contributed by atoms with Crippen LogP contribution in [0.15, 0.2) is 42.6 Å². The Kier molecular flexibility index (Phi) is 8.09. The summed E-state index contributed by atoms with van der Waals surface area (Å²) < 4.78 is 54.6. The number of para-hydroxylation sites is 1. The topological polar surface area (TPSA) is 79.8 Å². The Bertz CT molecular complexity index is 1620. The Morgan fingerprint density at radius 2 is 1.78 bits per heavy atom. The highest BCUT2D eigenvalue weighted by atomic mass is 19.4. The van der Waals surface area contributed by atoms with Crippen molar-refractivity contribution in [1.82, 2.24) is 14.9 Å². The minimum atomic E-state index is -4.62. The number of nitrogens with zero attached hydrogens (tertiary/aromatic N) is 4. The van der Waals surface area contributed by atoms with Crippen LogP contribution in [-0.2, 0) is 16.3 Å². The highest BCUT2D eigenvalue weighted by molar-refractivity contribution is 5.75. The highest BCUT2D eigenvalue weighted by Gasteiger charge is 2.53. The summed E-state index contributed by atoms with van der Waals surface area (Å²) in [6.45, 7) is 13.1. The fraction of sp³-hybridized carbons (Fsp3) is 0.514. The van der Waals surface area contributed by atoms with Gasteiger partial charge in [-0.05, 0) is 108 Å². The summed E-state index contributed by atoms with van der Waals surface area (Å²) in [7, 11) is 0. The second-order valence-electron chi connectivity index (χ2n) is 14.1. The first kappa shape index (κ1) is 31.9. The van der Waals surface area contributed by atoms with Gasteiger partial charge in [0.25, 0.3) is 0 Å². The number of hydrogen-bond acceptors (Lipinski definition) is 7. The molecule has 1 saturated carbocycles. The average Bonchev–Trinajstić information content (AvgIpc) is 3.68.